The van der Waals surface area contributed by atoms with Gasteiger partial charge < -0.3 is 4.90 Å². The Balaban J connectivity index is 2.07. The van der Waals surface area contributed by atoms with E-state index in [-0.39, 0.29) is 0 Å². The van der Waals surface area contributed by atoms with Gasteiger partial charge in [0.25, 0.3) is 0 Å². The number of nitrogens with zero attached hydrogens (tertiary/aromatic N) is 1. The van der Waals surface area contributed by atoms with E-state index in [1.54, 1.807) is 0 Å². The zero-order valence-electron chi connectivity index (χ0n) is 13.0. The molecule has 1 heteroatoms. The molecule has 2 rings (SSSR count). The second-order valence-corrected chi connectivity index (χ2v) is 7.38. The van der Waals surface area contributed by atoms with E-state index in [9.17, 15) is 0 Å². The van der Waals surface area contributed by atoms with Crippen LogP contribution in [0, 0.1) is 17.3 Å². The number of benzene rings is 1. The van der Waals surface area contributed by atoms with Crippen LogP contribution >= 0.6 is 0 Å². The topological polar surface area (TPSA) is 3.24 Å². The van der Waals surface area contributed by atoms with E-state index in [1.807, 2.05) is 0 Å². The molecule has 1 aliphatic carbocycles. The minimum absolute atomic E-state index is 0.530. The van der Waals surface area contributed by atoms with Crippen LogP contribution in [0.25, 0.3) is 0 Å². The van der Waals surface area contributed by atoms with Crippen LogP contribution in [0.1, 0.15) is 38.7 Å². The summed E-state index contributed by atoms with van der Waals surface area (Å²) in [4.78, 5) is 2.36. The Morgan fingerprint density at radius 3 is 2.42 bits per heavy atom. The van der Waals surface area contributed by atoms with Crippen molar-refractivity contribution in [2.24, 2.45) is 17.3 Å². The minimum atomic E-state index is 0.530. The fourth-order valence-electron chi connectivity index (χ4n) is 3.66. The van der Waals surface area contributed by atoms with Gasteiger partial charge in [-0.25, -0.2) is 0 Å². The standard InChI is InChI=1S/C18H29N/c1-18(2)11-10-16(14-19(3)4)17(13-18)12-15-8-6-5-7-9-15/h5-9,16-17H,10-14H2,1-4H3. The highest BCUT2D eigenvalue weighted by atomic mass is 15.1. The van der Waals surface area contributed by atoms with Gasteiger partial charge in [-0.2, -0.15) is 0 Å². The van der Waals surface area contributed by atoms with E-state index in [0.717, 1.165) is 11.8 Å². The molecule has 1 aromatic carbocycles. The molecule has 1 fully saturated rings. The van der Waals surface area contributed by atoms with Gasteiger partial charge in [0.15, 0.2) is 0 Å². The van der Waals surface area contributed by atoms with E-state index in [0.29, 0.717) is 5.41 Å². The highest BCUT2D eigenvalue weighted by molar-refractivity contribution is 5.15. The van der Waals surface area contributed by atoms with E-state index < -0.39 is 0 Å². The Hall–Kier alpha value is -0.820. The Bertz CT molecular complexity index is 380. The van der Waals surface area contributed by atoms with Gasteiger partial charge in [-0.15, -0.1) is 0 Å². The molecule has 0 bridgehead atoms. The highest BCUT2D eigenvalue weighted by Gasteiger charge is 2.34. The molecule has 0 N–H and O–H groups in total. The van der Waals surface area contributed by atoms with E-state index in [4.69, 9.17) is 0 Å². The smallest absolute Gasteiger partial charge is 0.000633 e. The Morgan fingerprint density at radius 2 is 1.79 bits per heavy atom. The molecule has 19 heavy (non-hydrogen) atoms. The van der Waals surface area contributed by atoms with Gasteiger partial charge in [-0.3, -0.25) is 0 Å². The molecular weight excluding hydrogens is 230 g/mol. The summed E-state index contributed by atoms with van der Waals surface area (Å²) in [6.07, 6.45) is 5.41. The first-order valence-electron chi connectivity index (χ1n) is 7.65. The molecule has 1 aromatic rings. The molecule has 0 amide bonds. The molecule has 1 aliphatic rings. The second kappa shape index (κ2) is 6.09. The molecule has 2 atom stereocenters. The molecule has 0 radical (unpaired) electrons. The summed E-state index contributed by atoms with van der Waals surface area (Å²) in [6, 6.07) is 11.0. The number of hydrogen-bond donors (Lipinski definition) is 0. The van der Waals surface area contributed by atoms with Crippen LogP contribution in [0.4, 0.5) is 0 Å². The van der Waals surface area contributed by atoms with Gasteiger partial charge in [0.05, 0.1) is 0 Å². The molecule has 0 heterocycles. The van der Waals surface area contributed by atoms with Gasteiger partial charge in [-0.05, 0) is 62.6 Å². The predicted molar refractivity (Wildman–Crippen MR) is 83.3 cm³/mol. The van der Waals surface area contributed by atoms with Crippen LogP contribution in [0.3, 0.4) is 0 Å². The summed E-state index contributed by atoms with van der Waals surface area (Å²) in [6.45, 7) is 6.13. The average molecular weight is 259 g/mol. The molecule has 0 aliphatic heterocycles. The van der Waals surface area contributed by atoms with Gasteiger partial charge in [0.1, 0.15) is 0 Å². The van der Waals surface area contributed by atoms with Crippen LogP contribution in [0.2, 0.25) is 0 Å². The minimum Gasteiger partial charge on any atom is -0.309 e. The van der Waals surface area contributed by atoms with Crippen molar-refractivity contribution in [1.82, 2.24) is 4.90 Å². The third-order valence-corrected chi connectivity index (χ3v) is 4.61. The Labute approximate surface area is 119 Å². The van der Waals surface area contributed by atoms with Crippen molar-refractivity contribution in [1.29, 1.82) is 0 Å². The van der Waals surface area contributed by atoms with E-state index in [2.05, 4.69) is 63.2 Å². The summed E-state index contributed by atoms with van der Waals surface area (Å²) >= 11 is 0. The second-order valence-electron chi connectivity index (χ2n) is 7.38. The SMILES string of the molecule is CN(C)CC1CCC(C)(C)CC1Cc1ccccc1. The molecule has 0 saturated heterocycles. The molecule has 2 unspecified atom stereocenters. The predicted octanol–water partition coefficient (Wildman–Crippen LogP) is 4.23. The zero-order valence-corrected chi connectivity index (χ0v) is 13.0. The molecule has 0 aromatic heterocycles. The lowest BCUT2D eigenvalue weighted by Gasteiger charge is -2.42. The number of rotatable bonds is 4. The van der Waals surface area contributed by atoms with Crippen LogP contribution < -0.4 is 0 Å². The van der Waals surface area contributed by atoms with Crippen molar-refractivity contribution in [3.8, 4) is 0 Å². The van der Waals surface area contributed by atoms with Gasteiger partial charge >= 0.3 is 0 Å². The molecule has 1 saturated carbocycles. The summed E-state index contributed by atoms with van der Waals surface area (Å²) < 4.78 is 0. The van der Waals surface area contributed by atoms with Crippen LogP contribution in [-0.4, -0.2) is 25.5 Å². The molecule has 1 nitrogen and oxygen atoms in total. The maximum absolute atomic E-state index is 2.44. The fraction of sp³-hybridized carbons (Fsp3) is 0.667. The fourth-order valence-corrected chi connectivity index (χ4v) is 3.66. The van der Waals surface area contributed by atoms with Gasteiger partial charge in [-0.1, -0.05) is 44.2 Å². The quantitative estimate of drug-likeness (QED) is 0.782. The molecule has 106 valence electrons. The van der Waals surface area contributed by atoms with Crippen molar-refractivity contribution in [3.05, 3.63) is 35.9 Å². The Morgan fingerprint density at radius 1 is 1.11 bits per heavy atom. The zero-order chi connectivity index (χ0) is 13.9. The lowest BCUT2D eigenvalue weighted by Crippen LogP contribution is -2.36. The summed E-state index contributed by atoms with van der Waals surface area (Å²) in [5.41, 5.74) is 2.04. The third-order valence-electron chi connectivity index (χ3n) is 4.61. The maximum Gasteiger partial charge on any atom is 0.000633 e. The van der Waals surface area contributed by atoms with Crippen molar-refractivity contribution in [2.45, 2.75) is 39.5 Å². The van der Waals surface area contributed by atoms with Crippen molar-refractivity contribution in [2.75, 3.05) is 20.6 Å². The van der Waals surface area contributed by atoms with Gasteiger partial charge in [0, 0.05) is 6.54 Å². The lowest BCUT2D eigenvalue weighted by atomic mass is 9.65. The first-order valence-corrected chi connectivity index (χ1v) is 7.65. The van der Waals surface area contributed by atoms with E-state index in [1.165, 1.54) is 37.8 Å². The summed E-state index contributed by atoms with van der Waals surface area (Å²) in [5.74, 6) is 1.71. The number of hydrogen-bond acceptors (Lipinski definition) is 1. The first-order chi connectivity index (χ1) is 8.96. The van der Waals surface area contributed by atoms with Crippen molar-refractivity contribution < 1.29 is 0 Å². The largest absolute Gasteiger partial charge is 0.309 e. The van der Waals surface area contributed by atoms with Crippen molar-refractivity contribution >= 4 is 0 Å². The van der Waals surface area contributed by atoms with Crippen LogP contribution in [0.5, 0.6) is 0 Å². The lowest BCUT2D eigenvalue weighted by molar-refractivity contribution is 0.0976. The van der Waals surface area contributed by atoms with Crippen LogP contribution in [-0.2, 0) is 6.42 Å². The molecular formula is C18H29N. The summed E-state index contributed by atoms with van der Waals surface area (Å²) in [7, 11) is 4.42. The average Bonchev–Trinajstić information content (AvgIpc) is 2.33. The summed E-state index contributed by atoms with van der Waals surface area (Å²) in [5, 5.41) is 0. The van der Waals surface area contributed by atoms with Gasteiger partial charge in [0.2, 0.25) is 0 Å². The Kier molecular flexibility index (Phi) is 4.67. The maximum atomic E-state index is 2.44. The van der Waals surface area contributed by atoms with Crippen molar-refractivity contribution in [3.63, 3.8) is 0 Å². The molecule has 0 spiro atoms. The first kappa shape index (κ1) is 14.6. The van der Waals surface area contributed by atoms with Crippen LogP contribution in [0.15, 0.2) is 30.3 Å². The van der Waals surface area contributed by atoms with E-state index >= 15 is 0 Å². The third kappa shape index (κ3) is 4.35. The highest BCUT2D eigenvalue weighted by Crippen LogP contribution is 2.43. The monoisotopic (exact) mass is 259 g/mol. The normalized spacial score (nSPS) is 26.6.